The molecule has 0 spiro atoms. The number of hydrogen-bond donors (Lipinski definition) is 1. The van der Waals surface area contributed by atoms with E-state index in [-0.39, 0.29) is 11.8 Å². The molecule has 0 atom stereocenters. The van der Waals surface area contributed by atoms with Crippen LogP contribution in [0.25, 0.3) is 0 Å². The number of amides is 2. The molecule has 30 heavy (non-hydrogen) atoms. The summed E-state index contributed by atoms with van der Waals surface area (Å²) in [7, 11) is 0. The number of carbonyl (C=O) groups is 2. The smallest absolute Gasteiger partial charge is 0.254 e. The Morgan fingerprint density at radius 2 is 1.80 bits per heavy atom. The number of unbranched alkanes of at least 4 members (excludes halogenated alkanes) is 1. The average molecular weight is 409 g/mol. The number of aryl methyl sites for hydroxylation is 2. The van der Waals surface area contributed by atoms with Gasteiger partial charge in [-0.1, -0.05) is 18.2 Å². The van der Waals surface area contributed by atoms with Crippen LogP contribution in [0.3, 0.4) is 0 Å². The molecular formula is C25H32N2O3. The number of nitrogens with one attached hydrogen (secondary N) is 1. The molecule has 0 aliphatic carbocycles. The Kier molecular flexibility index (Phi) is 7.50. The highest BCUT2D eigenvalue weighted by Gasteiger charge is 2.21. The lowest BCUT2D eigenvalue weighted by molar-refractivity contribution is -0.116. The van der Waals surface area contributed by atoms with Crippen LogP contribution >= 0.6 is 0 Å². The van der Waals surface area contributed by atoms with Gasteiger partial charge in [-0.15, -0.1) is 0 Å². The van der Waals surface area contributed by atoms with Crippen molar-refractivity contribution in [1.82, 2.24) is 4.90 Å². The molecule has 1 N–H and O–H groups in total. The number of hydrogen-bond acceptors (Lipinski definition) is 3. The van der Waals surface area contributed by atoms with Crippen LogP contribution in [0, 0.1) is 20.8 Å². The third-order valence-electron chi connectivity index (χ3n) is 5.63. The normalized spacial score (nSPS) is 13.4. The summed E-state index contributed by atoms with van der Waals surface area (Å²) >= 11 is 0. The third kappa shape index (κ3) is 5.62. The Morgan fingerprint density at radius 1 is 1.03 bits per heavy atom. The first-order valence-electron chi connectivity index (χ1n) is 10.8. The Balaban J connectivity index is 1.46. The summed E-state index contributed by atoms with van der Waals surface area (Å²) < 4.78 is 5.85. The number of nitrogens with zero attached hydrogens (tertiary/aromatic N) is 1. The molecule has 1 saturated heterocycles. The van der Waals surface area contributed by atoms with E-state index in [4.69, 9.17) is 4.74 Å². The molecule has 3 rings (SSSR count). The molecule has 0 radical (unpaired) electrons. The molecule has 2 aromatic carbocycles. The topological polar surface area (TPSA) is 58.6 Å². The highest BCUT2D eigenvalue weighted by Crippen LogP contribution is 2.23. The second kappa shape index (κ2) is 10.3. The van der Waals surface area contributed by atoms with E-state index in [1.807, 2.05) is 49.9 Å². The van der Waals surface area contributed by atoms with Crippen LogP contribution < -0.4 is 10.1 Å². The van der Waals surface area contributed by atoms with Crippen LogP contribution in [0.15, 0.2) is 36.4 Å². The van der Waals surface area contributed by atoms with Crippen LogP contribution in [-0.2, 0) is 4.79 Å². The fraction of sp³-hybridized carbons (Fsp3) is 0.440. The Morgan fingerprint density at radius 3 is 2.57 bits per heavy atom. The van der Waals surface area contributed by atoms with Crippen LogP contribution in [0.4, 0.5) is 5.69 Å². The number of benzene rings is 2. The van der Waals surface area contributed by atoms with E-state index in [1.54, 1.807) is 0 Å². The Hall–Kier alpha value is -2.82. The average Bonchev–Trinajstić information content (AvgIpc) is 3.26. The van der Waals surface area contributed by atoms with Gasteiger partial charge >= 0.3 is 0 Å². The highest BCUT2D eigenvalue weighted by atomic mass is 16.5. The minimum Gasteiger partial charge on any atom is -0.493 e. The van der Waals surface area contributed by atoms with Gasteiger partial charge in [0.25, 0.3) is 5.91 Å². The van der Waals surface area contributed by atoms with Crippen LogP contribution in [0.5, 0.6) is 5.75 Å². The molecule has 5 nitrogen and oxygen atoms in total. The lowest BCUT2D eigenvalue weighted by Crippen LogP contribution is -2.28. The van der Waals surface area contributed by atoms with Crippen molar-refractivity contribution in [2.75, 3.05) is 25.0 Å². The van der Waals surface area contributed by atoms with E-state index in [0.717, 1.165) is 61.3 Å². The molecule has 2 aromatic rings. The van der Waals surface area contributed by atoms with Crippen molar-refractivity contribution in [2.24, 2.45) is 0 Å². The summed E-state index contributed by atoms with van der Waals surface area (Å²) in [6.07, 6.45) is 4.12. The second-order valence-electron chi connectivity index (χ2n) is 8.10. The Bertz CT molecular complexity index is 901. The van der Waals surface area contributed by atoms with Gasteiger partial charge in [0.1, 0.15) is 5.75 Å². The standard InChI is InChI=1S/C25H32N2O3/c1-18-12-13-19(2)23(17-18)30-16-7-4-11-24(28)26-22-10-8-9-21(20(22)3)25(29)27-14-5-6-15-27/h8-10,12-13,17H,4-7,11,14-16H2,1-3H3,(H,26,28). The maximum Gasteiger partial charge on any atom is 0.254 e. The van der Waals surface area contributed by atoms with Crippen molar-refractivity contribution in [3.63, 3.8) is 0 Å². The van der Waals surface area contributed by atoms with E-state index in [2.05, 4.69) is 17.4 Å². The zero-order valence-corrected chi connectivity index (χ0v) is 18.3. The van der Waals surface area contributed by atoms with Gasteiger partial charge < -0.3 is 15.0 Å². The quantitative estimate of drug-likeness (QED) is 0.623. The molecule has 0 unspecified atom stereocenters. The number of rotatable bonds is 8. The number of carbonyl (C=O) groups excluding carboxylic acids is 2. The number of likely N-dealkylation sites (tertiary alicyclic amines) is 1. The Labute approximate surface area is 179 Å². The fourth-order valence-electron chi connectivity index (χ4n) is 3.74. The van der Waals surface area contributed by atoms with E-state index >= 15 is 0 Å². The molecule has 5 heteroatoms. The van der Waals surface area contributed by atoms with Crippen LogP contribution in [0.1, 0.15) is 59.2 Å². The van der Waals surface area contributed by atoms with Crippen molar-refractivity contribution in [2.45, 2.75) is 52.9 Å². The van der Waals surface area contributed by atoms with Gasteiger partial charge in [-0.2, -0.15) is 0 Å². The minimum absolute atomic E-state index is 0.0318. The maximum absolute atomic E-state index is 12.7. The van der Waals surface area contributed by atoms with Gasteiger partial charge in [0, 0.05) is 30.8 Å². The number of anilines is 1. The van der Waals surface area contributed by atoms with Gasteiger partial charge in [0.2, 0.25) is 5.91 Å². The predicted molar refractivity (Wildman–Crippen MR) is 120 cm³/mol. The van der Waals surface area contributed by atoms with Gasteiger partial charge in [-0.25, -0.2) is 0 Å². The molecule has 1 heterocycles. The lowest BCUT2D eigenvalue weighted by Gasteiger charge is -2.18. The SMILES string of the molecule is Cc1ccc(C)c(OCCCCC(=O)Nc2cccc(C(=O)N3CCCC3)c2C)c1. The van der Waals surface area contributed by atoms with Crippen molar-refractivity contribution in [1.29, 1.82) is 0 Å². The van der Waals surface area contributed by atoms with Crippen molar-refractivity contribution < 1.29 is 14.3 Å². The molecular weight excluding hydrogens is 376 g/mol. The number of ether oxygens (including phenoxy) is 1. The first-order valence-corrected chi connectivity index (χ1v) is 10.8. The van der Waals surface area contributed by atoms with Gasteiger partial charge in [-0.05, 0) is 81.3 Å². The van der Waals surface area contributed by atoms with Gasteiger partial charge in [-0.3, -0.25) is 9.59 Å². The second-order valence-corrected chi connectivity index (χ2v) is 8.10. The summed E-state index contributed by atoms with van der Waals surface area (Å²) in [5, 5.41) is 2.97. The predicted octanol–water partition coefficient (Wildman–Crippen LogP) is 5.04. The van der Waals surface area contributed by atoms with Gasteiger partial charge in [0.05, 0.1) is 6.61 Å². The van der Waals surface area contributed by atoms with Crippen molar-refractivity contribution in [3.05, 3.63) is 58.7 Å². The van der Waals surface area contributed by atoms with Crippen LogP contribution in [0.2, 0.25) is 0 Å². The first-order chi connectivity index (χ1) is 14.5. The molecule has 0 saturated carbocycles. The molecule has 1 aliphatic rings. The third-order valence-corrected chi connectivity index (χ3v) is 5.63. The summed E-state index contributed by atoms with van der Waals surface area (Å²) in [6.45, 7) is 8.21. The lowest BCUT2D eigenvalue weighted by atomic mass is 10.1. The zero-order valence-electron chi connectivity index (χ0n) is 18.3. The summed E-state index contributed by atoms with van der Waals surface area (Å²) in [5.74, 6) is 0.940. The molecule has 1 aliphatic heterocycles. The molecule has 160 valence electrons. The molecule has 2 amide bonds. The molecule has 1 fully saturated rings. The first kappa shape index (κ1) is 21.9. The van der Waals surface area contributed by atoms with Crippen molar-refractivity contribution >= 4 is 17.5 Å². The van der Waals surface area contributed by atoms with E-state index in [9.17, 15) is 9.59 Å². The zero-order chi connectivity index (χ0) is 21.5. The molecule has 0 bridgehead atoms. The summed E-state index contributed by atoms with van der Waals surface area (Å²) in [4.78, 5) is 27.0. The van der Waals surface area contributed by atoms with Crippen LogP contribution in [-0.4, -0.2) is 36.4 Å². The maximum atomic E-state index is 12.7. The van der Waals surface area contributed by atoms with E-state index < -0.39 is 0 Å². The molecule has 0 aromatic heterocycles. The minimum atomic E-state index is -0.0318. The van der Waals surface area contributed by atoms with E-state index in [1.165, 1.54) is 5.56 Å². The summed E-state index contributed by atoms with van der Waals surface area (Å²) in [5.41, 5.74) is 4.53. The largest absolute Gasteiger partial charge is 0.493 e. The van der Waals surface area contributed by atoms with Gasteiger partial charge in [0.15, 0.2) is 0 Å². The van der Waals surface area contributed by atoms with Crippen molar-refractivity contribution in [3.8, 4) is 5.75 Å². The fourth-order valence-corrected chi connectivity index (χ4v) is 3.74. The van der Waals surface area contributed by atoms with E-state index in [0.29, 0.717) is 18.6 Å². The monoisotopic (exact) mass is 408 g/mol. The summed E-state index contributed by atoms with van der Waals surface area (Å²) in [6, 6.07) is 11.7. The highest BCUT2D eigenvalue weighted by molar-refractivity contribution is 5.99.